The molecule has 1 aliphatic rings. The van der Waals surface area contributed by atoms with E-state index in [1.54, 1.807) is 25.3 Å². The van der Waals surface area contributed by atoms with Crippen LogP contribution in [0.5, 0.6) is 0 Å². The Morgan fingerprint density at radius 3 is 3.08 bits per heavy atom. The Bertz CT molecular complexity index is 1070. The molecule has 0 fully saturated rings. The maximum Gasteiger partial charge on any atom is 0.276 e. The minimum atomic E-state index is -0.453. The van der Waals surface area contributed by atoms with Gasteiger partial charge in [0.1, 0.15) is 5.82 Å². The number of halogens is 1. The van der Waals surface area contributed by atoms with E-state index in [0.29, 0.717) is 36.4 Å². The molecule has 7 nitrogen and oxygen atoms in total. The smallest absolute Gasteiger partial charge is 0.276 e. The molecule has 1 amide bonds. The number of anilines is 1. The monoisotopic (exact) mass is 355 g/mol. The number of carbonyl (C=O) groups is 1. The number of benzene rings is 1. The van der Waals surface area contributed by atoms with Crippen molar-refractivity contribution in [3.05, 3.63) is 63.0 Å². The summed E-state index contributed by atoms with van der Waals surface area (Å²) >= 11 is 0. The lowest BCUT2D eigenvalue weighted by Crippen LogP contribution is -2.27. The van der Waals surface area contributed by atoms with Crippen molar-refractivity contribution in [3.63, 3.8) is 0 Å². The minimum Gasteiger partial charge on any atom is -0.323 e. The fraction of sp³-hybridized carbons (Fsp3) is 0.278. The number of aromatic nitrogens is 3. The van der Waals surface area contributed by atoms with Crippen LogP contribution in [0.2, 0.25) is 0 Å². The number of aryl methyl sites for hydroxylation is 1. The van der Waals surface area contributed by atoms with E-state index in [1.165, 1.54) is 4.52 Å². The third-order valence-corrected chi connectivity index (χ3v) is 4.66. The molecule has 3 aromatic rings. The molecule has 0 bridgehead atoms. The van der Waals surface area contributed by atoms with Gasteiger partial charge in [0, 0.05) is 30.1 Å². The highest BCUT2D eigenvalue weighted by Crippen LogP contribution is 2.24. The van der Waals surface area contributed by atoms with Gasteiger partial charge < -0.3 is 10.6 Å². The highest BCUT2D eigenvalue weighted by Gasteiger charge is 2.19. The van der Waals surface area contributed by atoms with Gasteiger partial charge in [-0.05, 0) is 37.1 Å². The Hall–Kier alpha value is -3.00. The number of aromatic amines is 1. The largest absolute Gasteiger partial charge is 0.323 e. The molecule has 134 valence electrons. The Morgan fingerprint density at radius 1 is 1.38 bits per heavy atom. The van der Waals surface area contributed by atoms with Crippen LogP contribution >= 0.6 is 0 Å². The lowest BCUT2D eigenvalue weighted by Gasteiger charge is -2.19. The summed E-state index contributed by atoms with van der Waals surface area (Å²) in [5.74, 6) is -0.852. The Morgan fingerprint density at radius 2 is 2.23 bits per heavy atom. The predicted octanol–water partition coefficient (Wildman–Crippen LogP) is 1.30. The molecule has 26 heavy (non-hydrogen) atoms. The first-order valence-corrected chi connectivity index (χ1v) is 8.41. The van der Waals surface area contributed by atoms with Crippen LogP contribution in [0.4, 0.5) is 10.1 Å². The number of amides is 1. The van der Waals surface area contributed by atoms with Crippen LogP contribution in [-0.4, -0.2) is 27.0 Å². The first-order chi connectivity index (χ1) is 12.5. The van der Waals surface area contributed by atoms with Crippen LogP contribution < -0.4 is 16.2 Å². The molecular formula is C18H18FN5O2. The first kappa shape index (κ1) is 16.5. The van der Waals surface area contributed by atoms with Gasteiger partial charge in [-0.2, -0.15) is 0 Å². The minimum absolute atomic E-state index is 0.141. The summed E-state index contributed by atoms with van der Waals surface area (Å²) in [5, 5.41) is 8.54. The maximum atomic E-state index is 14.7. The average molecular weight is 355 g/mol. The lowest BCUT2D eigenvalue weighted by atomic mass is 9.99. The van der Waals surface area contributed by atoms with Crippen molar-refractivity contribution in [1.29, 1.82) is 0 Å². The zero-order valence-corrected chi connectivity index (χ0v) is 14.2. The second-order valence-electron chi connectivity index (χ2n) is 6.35. The van der Waals surface area contributed by atoms with E-state index in [4.69, 9.17) is 0 Å². The van der Waals surface area contributed by atoms with E-state index < -0.39 is 11.7 Å². The quantitative estimate of drug-likeness (QED) is 0.660. The number of hydrogen-bond acceptors (Lipinski definition) is 4. The van der Waals surface area contributed by atoms with Crippen LogP contribution in [0.25, 0.3) is 5.65 Å². The number of nitrogens with one attached hydrogen (secondary N) is 3. The second-order valence-corrected chi connectivity index (χ2v) is 6.35. The molecule has 4 rings (SSSR count). The van der Waals surface area contributed by atoms with Crippen molar-refractivity contribution in [2.24, 2.45) is 0 Å². The number of fused-ring (bicyclic) bond motifs is 2. The molecular weight excluding hydrogens is 337 g/mol. The second kappa shape index (κ2) is 6.38. The molecule has 1 aliphatic heterocycles. The Kier molecular flexibility index (Phi) is 4.04. The Balaban J connectivity index is 1.59. The average Bonchev–Trinajstić information content (AvgIpc) is 3.10. The maximum absolute atomic E-state index is 14.7. The fourth-order valence-corrected chi connectivity index (χ4v) is 3.29. The van der Waals surface area contributed by atoms with Gasteiger partial charge >= 0.3 is 0 Å². The molecule has 1 aromatic carbocycles. The van der Waals surface area contributed by atoms with Gasteiger partial charge in [-0.15, -0.1) is 0 Å². The molecule has 0 radical (unpaired) electrons. The number of hydrogen-bond donors (Lipinski definition) is 3. The van der Waals surface area contributed by atoms with Crippen molar-refractivity contribution in [3.8, 4) is 0 Å². The van der Waals surface area contributed by atoms with Crippen molar-refractivity contribution in [2.45, 2.75) is 26.3 Å². The number of rotatable bonds is 3. The zero-order chi connectivity index (χ0) is 18.3. The van der Waals surface area contributed by atoms with Gasteiger partial charge in [0.25, 0.3) is 5.56 Å². The molecule has 0 unspecified atom stereocenters. The van der Waals surface area contributed by atoms with Gasteiger partial charge in [0.15, 0.2) is 5.65 Å². The van der Waals surface area contributed by atoms with E-state index in [1.807, 2.05) is 6.07 Å². The van der Waals surface area contributed by atoms with Gasteiger partial charge in [-0.3, -0.25) is 14.7 Å². The summed E-state index contributed by atoms with van der Waals surface area (Å²) in [6.45, 7) is 3.01. The highest BCUT2D eigenvalue weighted by molar-refractivity contribution is 5.92. The van der Waals surface area contributed by atoms with E-state index in [-0.39, 0.29) is 23.2 Å². The first-order valence-electron chi connectivity index (χ1n) is 8.41. The normalized spacial score (nSPS) is 13.6. The summed E-state index contributed by atoms with van der Waals surface area (Å²) in [4.78, 5) is 29.2. The molecule has 0 saturated carbocycles. The van der Waals surface area contributed by atoms with Gasteiger partial charge in [-0.25, -0.2) is 13.9 Å². The van der Waals surface area contributed by atoms with Gasteiger partial charge in [-0.1, -0.05) is 6.07 Å². The standard InChI is InChI=1S/C18H18FN5O2/c1-10-13(18(26)24-15(22-10)5-7-21-24)8-16(25)23-14-3-2-11-9-20-6-4-12(11)17(14)19/h2-3,5,7,20-21H,4,6,8-9H2,1H3,(H,23,25). The SMILES string of the molecule is Cc1nc2cc[nH]n2c(=O)c1CC(=O)Nc1ccc2c(c1F)CCNC2. The lowest BCUT2D eigenvalue weighted by molar-refractivity contribution is -0.115. The van der Waals surface area contributed by atoms with E-state index in [9.17, 15) is 14.0 Å². The fourth-order valence-electron chi connectivity index (χ4n) is 3.29. The molecule has 0 atom stereocenters. The van der Waals surface area contributed by atoms with Crippen LogP contribution in [0, 0.1) is 12.7 Å². The highest BCUT2D eigenvalue weighted by atomic mass is 19.1. The molecule has 8 heteroatoms. The summed E-state index contributed by atoms with van der Waals surface area (Å²) in [6.07, 6.45) is 2.01. The topological polar surface area (TPSA) is 91.3 Å². The van der Waals surface area contributed by atoms with Crippen molar-refractivity contribution in [1.82, 2.24) is 19.9 Å². The predicted molar refractivity (Wildman–Crippen MR) is 94.7 cm³/mol. The van der Waals surface area contributed by atoms with Gasteiger partial charge in [0.05, 0.1) is 12.1 Å². The van der Waals surface area contributed by atoms with Crippen LogP contribution in [0.15, 0.2) is 29.2 Å². The molecule has 0 saturated heterocycles. The van der Waals surface area contributed by atoms with Gasteiger partial charge in [0.2, 0.25) is 5.91 Å². The third kappa shape index (κ3) is 2.78. The number of nitrogens with zero attached hydrogens (tertiary/aromatic N) is 2. The zero-order valence-electron chi connectivity index (χ0n) is 14.2. The molecule has 2 aromatic heterocycles. The van der Waals surface area contributed by atoms with Crippen molar-refractivity contribution >= 4 is 17.2 Å². The molecule has 0 spiro atoms. The van der Waals surface area contributed by atoms with E-state index in [2.05, 4.69) is 20.7 Å². The number of H-pyrrole nitrogens is 1. The summed E-state index contributed by atoms with van der Waals surface area (Å²) in [5.41, 5.74) is 2.61. The molecule has 0 aliphatic carbocycles. The summed E-state index contributed by atoms with van der Waals surface area (Å²) in [6, 6.07) is 5.05. The van der Waals surface area contributed by atoms with Crippen molar-refractivity contribution in [2.75, 3.05) is 11.9 Å². The van der Waals surface area contributed by atoms with Crippen LogP contribution in [0.1, 0.15) is 22.4 Å². The summed E-state index contributed by atoms with van der Waals surface area (Å²) in [7, 11) is 0. The Labute approximate surface area is 148 Å². The third-order valence-electron chi connectivity index (χ3n) is 4.66. The number of carbonyl (C=O) groups excluding carboxylic acids is 1. The van der Waals surface area contributed by atoms with Crippen LogP contribution in [-0.2, 0) is 24.2 Å². The van der Waals surface area contributed by atoms with E-state index >= 15 is 0 Å². The van der Waals surface area contributed by atoms with Crippen LogP contribution in [0.3, 0.4) is 0 Å². The van der Waals surface area contributed by atoms with E-state index in [0.717, 1.165) is 5.56 Å². The van der Waals surface area contributed by atoms with Crippen molar-refractivity contribution < 1.29 is 9.18 Å². The molecule has 3 heterocycles. The summed E-state index contributed by atoms with van der Waals surface area (Å²) < 4.78 is 15.9. The molecule has 3 N–H and O–H groups in total.